The first-order chi connectivity index (χ1) is 10.2. The number of hydrogen-bond donors (Lipinski definition) is 2. The van der Waals surface area contributed by atoms with Crippen molar-refractivity contribution < 1.29 is 14.0 Å². The van der Waals surface area contributed by atoms with Crippen LogP contribution in [-0.2, 0) is 10.2 Å². The summed E-state index contributed by atoms with van der Waals surface area (Å²) in [6.07, 6.45) is 0.633. The fourth-order valence-electron chi connectivity index (χ4n) is 2.56. The van der Waals surface area contributed by atoms with Crippen LogP contribution in [0.15, 0.2) is 18.2 Å². The highest BCUT2D eigenvalue weighted by Gasteiger charge is 2.35. The second kappa shape index (κ2) is 6.12. The van der Waals surface area contributed by atoms with Gasteiger partial charge in [-0.1, -0.05) is 17.7 Å². The number of nitrogens with two attached hydrogens (primary N) is 1. The monoisotopic (exact) mass is 327 g/mol. The summed E-state index contributed by atoms with van der Waals surface area (Å²) in [6.45, 7) is 4.18. The zero-order valence-corrected chi connectivity index (χ0v) is 13.3. The van der Waals surface area contributed by atoms with Crippen molar-refractivity contribution in [3.05, 3.63) is 34.6 Å². The van der Waals surface area contributed by atoms with Gasteiger partial charge in [0.1, 0.15) is 5.82 Å². The number of amides is 3. The number of nitrogens with zero attached hydrogens (tertiary/aromatic N) is 1. The summed E-state index contributed by atoms with van der Waals surface area (Å²) >= 11 is 5.74. The minimum atomic E-state index is -1.05. The Labute approximate surface area is 133 Å². The second-order valence-corrected chi connectivity index (χ2v) is 6.43. The van der Waals surface area contributed by atoms with Crippen molar-refractivity contribution in [1.82, 2.24) is 10.2 Å². The highest BCUT2D eigenvalue weighted by Crippen LogP contribution is 2.28. The highest BCUT2D eigenvalue weighted by molar-refractivity contribution is 6.30. The van der Waals surface area contributed by atoms with E-state index >= 15 is 0 Å². The van der Waals surface area contributed by atoms with Gasteiger partial charge in [0.25, 0.3) is 0 Å². The molecule has 3 N–H and O–H groups in total. The van der Waals surface area contributed by atoms with Crippen LogP contribution in [0.4, 0.5) is 9.18 Å². The molecule has 0 spiro atoms. The van der Waals surface area contributed by atoms with Gasteiger partial charge in [-0.15, -0.1) is 0 Å². The molecule has 0 aromatic heterocycles. The van der Waals surface area contributed by atoms with E-state index in [4.69, 9.17) is 17.3 Å². The first kappa shape index (κ1) is 16.5. The van der Waals surface area contributed by atoms with Crippen LogP contribution in [0.1, 0.15) is 25.8 Å². The number of halogens is 2. The van der Waals surface area contributed by atoms with Gasteiger partial charge in [0.05, 0.1) is 5.41 Å². The summed E-state index contributed by atoms with van der Waals surface area (Å²) < 4.78 is 14.1. The van der Waals surface area contributed by atoms with Gasteiger partial charge >= 0.3 is 6.03 Å². The average molecular weight is 328 g/mol. The zero-order chi connectivity index (χ0) is 16.5. The van der Waals surface area contributed by atoms with E-state index in [1.54, 1.807) is 19.9 Å². The molecule has 0 aliphatic carbocycles. The average Bonchev–Trinajstić information content (AvgIpc) is 2.86. The number of primary amides is 1. The fourth-order valence-corrected chi connectivity index (χ4v) is 2.72. The summed E-state index contributed by atoms with van der Waals surface area (Å²) in [5, 5.41) is 3.14. The third-order valence-corrected chi connectivity index (χ3v) is 4.24. The highest BCUT2D eigenvalue weighted by atomic mass is 35.5. The number of nitrogens with one attached hydrogen (secondary N) is 1. The molecule has 1 atom stereocenters. The number of likely N-dealkylation sites (tertiary alicyclic amines) is 1. The van der Waals surface area contributed by atoms with Gasteiger partial charge in [-0.25, -0.2) is 9.18 Å². The summed E-state index contributed by atoms with van der Waals surface area (Å²) in [5.74, 6) is -0.817. The Kier molecular flexibility index (Phi) is 4.60. The quantitative estimate of drug-likeness (QED) is 0.891. The van der Waals surface area contributed by atoms with E-state index in [2.05, 4.69) is 5.32 Å². The molecule has 0 bridgehead atoms. The van der Waals surface area contributed by atoms with Crippen molar-refractivity contribution in [1.29, 1.82) is 0 Å². The Morgan fingerprint density at radius 1 is 1.45 bits per heavy atom. The van der Waals surface area contributed by atoms with Crippen LogP contribution in [0.3, 0.4) is 0 Å². The molecule has 3 amide bonds. The Balaban J connectivity index is 2.09. The van der Waals surface area contributed by atoms with E-state index < -0.39 is 17.3 Å². The SMILES string of the molecule is CC(C)(C(=O)N[C@H]1CCN(C(N)=O)C1)c1ccc(Cl)cc1F. The maximum absolute atomic E-state index is 14.1. The lowest BCUT2D eigenvalue weighted by Gasteiger charge is -2.27. The third kappa shape index (κ3) is 3.32. The van der Waals surface area contributed by atoms with Crippen molar-refractivity contribution in [3.63, 3.8) is 0 Å². The van der Waals surface area contributed by atoms with Crippen molar-refractivity contribution in [2.75, 3.05) is 13.1 Å². The lowest BCUT2D eigenvalue weighted by Crippen LogP contribution is -2.47. The van der Waals surface area contributed by atoms with Crippen LogP contribution in [0.5, 0.6) is 0 Å². The Bertz CT molecular complexity index is 606. The molecule has 0 radical (unpaired) electrons. The number of carbonyl (C=O) groups excluding carboxylic acids is 2. The van der Waals surface area contributed by atoms with Gasteiger partial charge in [0, 0.05) is 29.7 Å². The van der Waals surface area contributed by atoms with Crippen molar-refractivity contribution in [3.8, 4) is 0 Å². The minimum absolute atomic E-state index is 0.172. The minimum Gasteiger partial charge on any atom is -0.351 e. The van der Waals surface area contributed by atoms with Gasteiger partial charge in [-0.05, 0) is 32.4 Å². The molecule has 1 aromatic carbocycles. The molecule has 7 heteroatoms. The van der Waals surface area contributed by atoms with E-state index in [0.717, 1.165) is 0 Å². The Hall–Kier alpha value is -1.82. The largest absolute Gasteiger partial charge is 0.351 e. The Morgan fingerprint density at radius 3 is 2.68 bits per heavy atom. The molecular formula is C15H19ClFN3O2. The van der Waals surface area contributed by atoms with Crippen LogP contribution >= 0.6 is 11.6 Å². The zero-order valence-electron chi connectivity index (χ0n) is 12.5. The molecule has 0 unspecified atom stereocenters. The molecule has 1 aliphatic heterocycles. The Morgan fingerprint density at radius 2 is 2.14 bits per heavy atom. The van der Waals surface area contributed by atoms with Crippen LogP contribution in [0.25, 0.3) is 0 Å². The van der Waals surface area contributed by atoms with E-state index in [1.165, 1.54) is 17.0 Å². The van der Waals surface area contributed by atoms with E-state index in [9.17, 15) is 14.0 Å². The predicted molar refractivity (Wildman–Crippen MR) is 82.1 cm³/mol. The third-order valence-electron chi connectivity index (χ3n) is 4.01. The van der Waals surface area contributed by atoms with E-state index in [-0.39, 0.29) is 22.5 Å². The first-order valence-electron chi connectivity index (χ1n) is 7.02. The first-order valence-corrected chi connectivity index (χ1v) is 7.40. The van der Waals surface area contributed by atoms with Crippen LogP contribution in [0, 0.1) is 5.82 Å². The van der Waals surface area contributed by atoms with Gasteiger partial charge in [-0.2, -0.15) is 0 Å². The number of rotatable bonds is 3. The standard InChI is InChI=1S/C15H19ClFN3O2/c1-15(2,11-4-3-9(16)7-12(11)17)13(21)19-10-5-6-20(8-10)14(18)22/h3-4,7,10H,5-6,8H2,1-2H3,(H2,18,22)(H,19,21)/t10-/m0/s1. The van der Waals surface area contributed by atoms with Gasteiger partial charge in [-0.3, -0.25) is 4.79 Å². The summed E-state index contributed by atoms with van der Waals surface area (Å²) in [6, 6.07) is 3.59. The summed E-state index contributed by atoms with van der Waals surface area (Å²) in [4.78, 5) is 25.1. The maximum atomic E-state index is 14.1. The van der Waals surface area contributed by atoms with Crippen LogP contribution in [0.2, 0.25) is 5.02 Å². The van der Waals surface area contributed by atoms with Crippen molar-refractivity contribution >= 4 is 23.5 Å². The molecule has 120 valence electrons. The second-order valence-electron chi connectivity index (χ2n) is 5.99. The van der Waals surface area contributed by atoms with E-state index in [1.807, 2.05) is 0 Å². The van der Waals surface area contributed by atoms with Gasteiger partial charge < -0.3 is 16.0 Å². The fraction of sp³-hybridized carbons (Fsp3) is 0.467. The van der Waals surface area contributed by atoms with Gasteiger partial charge in [0.2, 0.25) is 5.91 Å². The molecule has 1 heterocycles. The summed E-state index contributed by atoms with van der Waals surface area (Å²) in [7, 11) is 0. The number of carbonyl (C=O) groups is 2. The van der Waals surface area contributed by atoms with Crippen molar-refractivity contribution in [2.24, 2.45) is 5.73 Å². The molecule has 1 aromatic rings. The molecule has 2 rings (SSSR count). The molecule has 22 heavy (non-hydrogen) atoms. The van der Waals surface area contributed by atoms with Crippen molar-refractivity contribution in [2.45, 2.75) is 31.7 Å². The lowest BCUT2D eigenvalue weighted by atomic mass is 9.83. The smallest absolute Gasteiger partial charge is 0.314 e. The topological polar surface area (TPSA) is 75.4 Å². The molecule has 1 fully saturated rings. The molecular weight excluding hydrogens is 309 g/mol. The van der Waals surface area contributed by atoms with Crippen LogP contribution in [-0.4, -0.2) is 36.0 Å². The molecule has 1 aliphatic rings. The summed E-state index contributed by atoms with van der Waals surface area (Å²) in [5.41, 5.74) is 4.44. The predicted octanol–water partition coefficient (Wildman–Crippen LogP) is 2.03. The normalized spacial score (nSPS) is 18.4. The lowest BCUT2D eigenvalue weighted by molar-refractivity contribution is -0.126. The number of urea groups is 1. The molecule has 0 saturated carbocycles. The molecule has 1 saturated heterocycles. The number of hydrogen-bond acceptors (Lipinski definition) is 2. The van der Waals surface area contributed by atoms with Gasteiger partial charge in [0.15, 0.2) is 0 Å². The van der Waals surface area contributed by atoms with Crippen LogP contribution < -0.4 is 11.1 Å². The maximum Gasteiger partial charge on any atom is 0.314 e. The molecule has 5 nitrogen and oxygen atoms in total. The van der Waals surface area contributed by atoms with E-state index in [0.29, 0.717) is 19.5 Å². The number of benzene rings is 1.